The summed E-state index contributed by atoms with van der Waals surface area (Å²) in [6, 6.07) is 4.40. The van der Waals surface area contributed by atoms with Gasteiger partial charge in [-0.15, -0.1) is 10.2 Å². The van der Waals surface area contributed by atoms with Crippen molar-refractivity contribution in [1.82, 2.24) is 19.6 Å². The third-order valence-corrected chi connectivity index (χ3v) is 3.99. The molecule has 2 heterocycles. The number of aromatic nitrogens is 4. The Morgan fingerprint density at radius 2 is 1.93 bits per heavy atom. The number of benzene rings is 1. The van der Waals surface area contributed by atoms with Crippen LogP contribution in [-0.2, 0) is 12.7 Å². The molecule has 8 nitrogen and oxygen atoms in total. The Labute approximate surface area is 157 Å². The van der Waals surface area contributed by atoms with Crippen molar-refractivity contribution < 1.29 is 23.1 Å². The number of carboxylic acid groups (broad SMARTS) is 1. The van der Waals surface area contributed by atoms with Crippen molar-refractivity contribution >= 4 is 23.5 Å². The van der Waals surface area contributed by atoms with Crippen molar-refractivity contribution in [1.29, 1.82) is 0 Å². The summed E-state index contributed by atoms with van der Waals surface area (Å²) in [5, 5.41) is 20.3. The molecule has 2 aromatic heterocycles. The highest BCUT2D eigenvalue weighted by Crippen LogP contribution is 2.29. The normalized spacial score (nSPS) is 11.8. The molecular weight excluding hydrogens is 377 g/mol. The summed E-state index contributed by atoms with van der Waals surface area (Å²) in [6.45, 7) is 3.63. The second kappa shape index (κ2) is 7.33. The highest BCUT2D eigenvalue weighted by molar-refractivity contribution is 5.85. The predicted molar refractivity (Wildman–Crippen MR) is 95.2 cm³/mol. The number of carbonyl (C=O) groups is 1. The summed E-state index contributed by atoms with van der Waals surface area (Å²) in [7, 11) is 0. The molecule has 0 radical (unpaired) electrons. The van der Waals surface area contributed by atoms with Crippen LogP contribution in [0.4, 0.5) is 29.7 Å². The smallest absolute Gasteiger partial charge is 0.416 e. The van der Waals surface area contributed by atoms with Crippen molar-refractivity contribution in [3.05, 3.63) is 47.8 Å². The van der Waals surface area contributed by atoms with Crippen LogP contribution < -0.4 is 10.2 Å². The predicted octanol–water partition coefficient (Wildman–Crippen LogP) is 3.65. The first kappa shape index (κ1) is 19.4. The summed E-state index contributed by atoms with van der Waals surface area (Å²) in [5.74, 6) is 0.452. The van der Waals surface area contributed by atoms with Gasteiger partial charge in [0.25, 0.3) is 0 Å². The van der Waals surface area contributed by atoms with E-state index in [4.69, 9.17) is 0 Å². The molecule has 3 rings (SSSR count). The van der Waals surface area contributed by atoms with Gasteiger partial charge in [-0.25, -0.2) is 14.7 Å². The molecule has 3 aromatic rings. The van der Waals surface area contributed by atoms with E-state index in [-0.39, 0.29) is 18.5 Å². The zero-order valence-electron chi connectivity index (χ0n) is 15.0. The van der Waals surface area contributed by atoms with Gasteiger partial charge in [-0.05, 0) is 31.5 Å². The summed E-state index contributed by atoms with van der Waals surface area (Å²) < 4.78 is 39.4. The summed E-state index contributed by atoms with van der Waals surface area (Å²) >= 11 is 0. The zero-order valence-corrected chi connectivity index (χ0v) is 15.0. The molecule has 2 N–H and O–H groups in total. The van der Waals surface area contributed by atoms with E-state index in [2.05, 4.69) is 20.5 Å². The molecule has 0 saturated carbocycles. The quantitative estimate of drug-likeness (QED) is 0.686. The maximum atomic E-state index is 12.6. The minimum absolute atomic E-state index is 0.123. The number of rotatable bonds is 5. The van der Waals surface area contributed by atoms with Gasteiger partial charge in [-0.2, -0.15) is 13.2 Å². The van der Waals surface area contributed by atoms with Crippen LogP contribution in [0.2, 0.25) is 0 Å². The Morgan fingerprint density at radius 3 is 2.50 bits per heavy atom. The molecule has 148 valence electrons. The Bertz CT molecular complexity index is 985. The molecule has 1 aromatic carbocycles. The molecule has 0 bridgehead atoms. The van der Waals surface area contributed by atoms with Gasteiger partial charge in [0.1, 0.15) is 0 Å². The van der Waals surface area contributed by atoms with Crippen LogP contribution in [-0.4, -0.2) is 36.8 Å². The number of nitrogens with one attached hydrogen (secondary N) is 1. The number of anilines is 2. The van der Waals surface area contributed by atoms with Crippen LogP contribution in [0.1, 0.15) is 25.0 Å². The number of halogens is 3. The van der Waals surface area contributed by atoms with Gasteiger partial charge in [0.05, 0.1) is 5.56 Å². The van der Waals surface area contributed by atoms with Gasteiger partial charge in [0.2, 0.25) is 11.6 Å². The first-order valence-corrected chi connectivity index (χ1v) is 8.30. The molecule has 0 spiro atoms. The lowest BCUT2D eigenvalue weighted by molar-refractivity contribution is -0.137. The molecular formula is C17H17F3N6O2. The average molecular weight is 394 g/mol. The molecule has 0 aliphatic rings. The van der Waals surface area contributed by atoms with Crippen molar-refractivity contribution in [3.8, 4) is 0 Å². The lowest BCUT2D eigenvalue weighted by atomic mass is 10.1. The minimum atomic E-state index is -4.39. The van der Waals surface area contributed by atoms with E-state index < -0.39 is 17.8 Å². The third kappa shape index (κ3) is 3.82. The van der Waals surface area contributed by atoms with Crippen molar-refractivity contribution in [2.24, 2.45) is 0 Å². The van der Waals surface area contributed by atoms with Gasteiger partial charge in [0.15, 0.2) is 5.82 Å². The summed E-state index contributed by atoms with van der Waals surface area (Å²) in [6.07, 6.45) is -2.56. The number of hydrogen-bond donors (Lipinski definition) is 2. The largest absolute Gasteiger partial charge is 0.465 e. The summed E-state index contributed by atoms with van der Waals surface area (Å²) in [4.78, 5) is 16.7. The van der Waals surface area contributed by atoms with E-state index in [9.17, 15) is 23.1 Å². The SMILES string of the molecule is CC(C)N(C(=O)O)c1nnc2c(NCc3ccc(C(F)(F)F)cc3)nccn12. The van der Waals surface area contributed by atoms with Crippen LogP contribution >= 0.6 is 0 Å². The fourth-order valence-corrected chi connectivity index (χ4v) is 2.64. The van der Waals surface area contributed by atoms with Crippen LogP contribution in [0.15, 0.2) is 36.7 Å². The fraction of sp³-hybridized carbons (Fsp3) is 0.294. The van der Waals surface area contributed by atoms with Crippen LogP contribution in [0.25, 0.3) is 5.65 Å². The molecule has 0 fully saturated rings. The number of fused-ring (bicyclic) bond motifs is 1. The average Bonchev–Trinajstić information content (AvgIpc) is 3.03. The maximum absolute atomic E-state index is 12.6. The van der Waals surface area contributed by atoms with E-state index in [0.717, 1.165) is 17.0 Å². The van der Waals surface area contributed by atoms with Gasteiger partial charge in [-0.1, -0.05) is 12.1 Å². The monoisotopic (exact) mass is 394 g/mol. The Kier molecular flexibility index (Phi) is 5.08. The molecule has 11 heteroatoms. The van der Waals surface area contributed by atoms with Gasteiger partial charge < -0.3 is 10.4 Å². The lowest BCUT2D eigenvalue weighted by Crippen LogP contribution is -2.37. The lowest BCUT2D eigenvalue weighted by Gasteiger charge is -2.20. The topological polar surface area (TPSA) is 95.7 Å². The molecule has 0 unspecified atom stereocenters. The first-order valence-electron chi connectivity index (χ1n) is 8.30. The number of nitrogens with zero attached hydrogens (tertiary/aromatic N) is 5. The highest BCUT2D eigenvalue weighted by atomic mass is 19.4. The number of alkyl halides is 3. The van der Waals surface area contributed by atoms with Crippen LogP contribution in [0.5, 0.6) is 0 Å². The molecule has 1 amide bonds. The maximum Gasteiger partial charge on any atom is 0.416 e. The van der Waals surface area contributed by atoms with Gasteiger partial charge in [0, 0.05) is 25.0 Å². The van der Waals surface area contributed by atoms with E-state index >= 15 is 0 Å². The van der Waals surface area contributed by atoms with E-state index in [1.54, 1.807) is 13.8 Å². The van der Waals surface area contributed by atoms with Gasteiger partial charge >= 0.3 is 12.3 Å². The molecule has 0 aliphatic carbocycles. The number of hydrogen-bond acceptors (Lipinski definition) is 5. The van der Waals surface area contributed by atoms with Crippen molar-refractivity contribution in [3.63, 3.8) is 0 Å². The molecule has 0 atom stereocenters. The molecule has 28 heavy (non-hydrogen) atoms. The zero-order chi connectivity index (χ0) is 20.5. The molecule has 0 aliphatic heterocycles. The fourth-order valence-electron chi connectivity index (χ4n) is 2.64. The Morgan fingerprint density at radius 1 is 1.25 bits per heavy atom. The second-order valence-electron chi connectivity index (χ2n) is 6.26. The highest BCUT2D eigenvalue weighted by Gasteiger charge is 2.30. The van der Waals surface area contributed by atoms with Crippen molar-refractivity contribution in [2.45, 2.75) is 32.6 Å². The van der Waals surface area contributed by atoms with E-state index in [1.165, 1.54) is 28.9 Å². The molecule has 0 saturated heterocycles. The van der Waals surface area contributed by atoms with Crippen LogP contribution in [0, 0.1) is 0 Å². The van der Waals surface area contributed by atoms with E-state index in [1.807, 2.05) is 0 Å². The van der Waals surface area contributed by atoms with Crippen LogP contribution in [0.3, 0.4) is 0 Å². The Hall–Kier alpha value is -3.37. The minimum Gasteiger partial charge on any atom is -0.465 e. The van der Waals surface area contributed by atoms with Gasteiger partial charge in [-0.3, -0.25) is 4.40 Å². The van der Waals surface area contributed by atoms with E-state index in [0.29, 0.717) is 17.0 Å². The third-order valence-electron chi connectivity index (χ3n) is 3.99. The van der Waals surface area contributed by atoms with Crippen molar-refractivity contribution in [2.75, 3.05) is 10.2 Å². The first-order chi connectivity index (χ1) is 13.2. The second-order valence-corrected chi connectivity index (χ2v) is 6.26. The summed E-state index contributed by atoms with van der Waals surface area (Å²) in [5.41, 5.74) is 0.197. The standard InChI is InChI=1S/C17H17F3N6O2/c1-10(2)26(16(27)28)15-24-23-14-13(21-7-8-25(14)15)22-9-11-3-5-12(6-4-11)17(18,19)20/h3-8,10H,9H2,1-2H3,(H,21,22)(H,27,28). The Balaban J connectivity index is 1.84. The number of amides is 1.